The third-order valence-electron chi connectivity index (χ3n) is 12.4. The average molecular weight is 861 g/mol. The quantitative estimate of drug-likeness (QED) is 0.125. The van der Waals surface area contributed by atoms with Crippen LogP contribution in [0.2, 0.25) is 0 Å². The van der Waals surface area contributed by atoms with Gasteiger partial charge in [-0.15, -0.1) is 23.5 Å². The molecule has 4 aliphatic heterocycles. The van der Waals surface area contributed by atoms with Gasteiger partial charge in [0.15, 0.2) is 0 Å². The number of hydrogen-bond acceptors (Lipinski definition) is 13. The lowest BCUT2D eigenvalue weighted by Gasteiger charge is -2.39. The van der Waals surface area contributed by atoms with E-state index >= 15 is 0 Å². The SMILES string of the molecule is COc1cccc(CCSc2nc(N3CCOCC3)c3c(c2C#N)CC(C)(Cc2cccc(CCSc4nc(N5CCCC5CO)c5c(c4C#N)CC(C)(C)OC5)c2)OC3)c1. The van der Waals surface area contributed by atoms with Crippen molar-refractivity contribution in [2.45, 2.75) is 106 Å². The molecule has 11 nitrogen and oxygen atoms in total. The van der Waals surface area contributed by atoms with Gasteiger partial charge >= 0.3 is 0 Å². The van der Waals surface area contributed by atoms with Gasteiger partial charge in [0.25, 0.3) is 0 Å². The molecule has 1 N–H and O–H groups in total. The van der Waals surface area contributed by atoms with E-state index in [0.717, 1.165) is 107 Å². The Bertz CT molecular complexity index is 2320. The number of thioether (sulfide) groups is 2. The molecule has 2 fully saturated rings. The first kappa shape index (κ1) is 43.3. The molecule has 2 unspecified atom stereocenters. The number of pyridine rings is 2. The minimum atomic E-state index is -0.525. The van der Waals surface area contributed by atoms with E-state index in [-0.39, 0.29) is 18.2 Å². The van der Waals surface area contributed by atoms with Crippen molar-refractivity contribution in [3.63, 3.8) is 0 Å². The average Bonchev–Trinajstić information content (AvgIpc) is 3.75. The van der Waals surface area contributed by atoms with Crippen LogP contribution < -0.4 is 14.5 Å². The Morgan fingerprint density at radius 3 is 2.11 bits per heavy atom. The Kier molecular flexibility index (Phi) is 13.5. The van der Waals surface area contributed by atoms with Crippen LogP contribution in [0.4, 0.5) is 11.6 Å². The number of nitrogens with zero attached hydrogens (tertiary/aromatic N) is 6. The number of aliphatic hydroxyl groups excluding tert-OH is 1. The number of ether oxygens (including phenoxy) is 4. The number of aromatic nitrogens is 2. The molecule has 4 aromatic rings. The van der Waals surface area contributed by atoms with Crippen molar-refractivity contribution in [1.82, 2.24) is 9.97 Å². The van der Waals surface area contributed by atoms with Gasteiger partial charge in [0.2, 0.25) is 0 Å². The number of rotatable bonds is 14. The summed E-state index contributed by atoms with van der Waals surface area (Å²) >= 11 is 3.28. The van der Waals surface area contributed by atoms with Gasteiger partial charge in [-0.05, 0) is 86.4 Å². The molecule has 13 heteroatoms. The van der Waals surface area contributed by atoms with Crippen LogP contribution in [-0.4, -0.2) is 90.4 Å². The third kappa shape index (κ3) is 9.68. The van der Waals surface area contributed by atoms with E-state index in [9.17, 15) is 15.6 Å². The van der Waals surface area contributed by atoms with Crippen LogP contribution in [0.3, 0.4) is 0 Å². The second kappa shape index (κ2) is 19.0. The summed E-state index contributed by atoms with van der Waals surface area (Å²) in [6, 6.07) is 22.0. The van der Waals surface area contributed by atoms with E-state index in [2.05, 4.69) is 79.1 Å². The first-order valence-electron chi connectivity index (χ1n) is 21.5. The molecule has 0 saturated carbocycles. The molecular formula is C48H56N6O5S2. The number of fused-ring (bicyclic) bond motifs is 2. The number of anilines is 2. The van der Waals surface area contributed by atoms with Gasteiger partial charge < -0.3 is 33.9 Å². The molecule has 2 aromatic heterocycles. The highest BCUT2D eigenvalue weighted by atomic mass is 32.2. The van der Waals surface area contributed by atoms with Gasteiger partial charge in [-0.25, -0.2) is 9.97 Å². The van der Waals surface area contributed by atoms with Crippen molar-refractivity contribution in [2.24, 2.45) is 0 Å². The fraction of sp³-hybridized carbons (Fsp3) is 0.500. The molecule has 320 valence electrons. The van der Waals surface area contributed by atoms with Crippen LogP contribution in [0.1, 0.15) is 83.7 Å². The number of methoxy groups -OCH3 is 1. The second-order valence-corrected chi connectivity index (χ2v) is 19.5. The summed E-state index contributed by atoms with van der Waals surface area (Å²) in [5.41, 5.74) is 8.07. The maximum absolute atomic E-state index is 10.7. The lowest BCUT2D eigenvalue weighted by Crippen LogP contribution is -2.41. The highest BCUT2D eigenvalue weighted by molar-refractivity contribution is 7.99. The molecule has 0 bridgehead atoms. The fourth-order valence-corrected chi connectivity index (χ4v) is 11.2. The molecule has 6 heterocycles. The van der Waals surface area contributed by atoms with Crippen molar-refractivity contribution in [3.05, 3.63) is 98.6 Å². The first-order valence-corrected chi connectivity index (χ1v) is 23.4. The minimum absolute atomic E-state index is 0.0230. The topological polar surface area (TPSA) is 137 Å². The lowest BCUT2D eigenvalue weighted by atomic mass is 9.84. The van der Waals surface area contributed by atoms with Gasteiger partial charge in [0.05, 0.1) is 68.5 Å². The maximum atomic E-state index is 10.7. The Labute approximate surface area is 368 Å². The van der Waals surface area contributed by atoms with Crippen LogP contribution in [-0.2, 0) is 59.5 Å². The summed E-state index contributed by atoms with van der Waals surface area (Å²) in [6.45, 7) is 10.8. The standard InChI is InChI=1S/C48H56N6O5S2/c1-47(2)25-37-39(27-49)46(52-44(42(37)30-58-47)54-15-7-11-35(54)29-55)61-20-13-32-8-5-10-34(22-32)24-48(3)26-38-40(28-50)45(60-21-14-33-9-6-12-36(23-33)56-4)51-43(41(38)31-59-48)53-16-18-57-19-17-53/h5-6,8-10,12,22-23,35,55H,7,11,13-21,24-26,29-31H2,1-4H3. The predicted octanol–water partition coefficient (Wildman–Crippen LogP) is 7.62. The minimum Gasteiger partial charge on any atom is -0.497 e. The van der Waals surface area contributed by atoms with E-state index in [1.165, 1.54) is 16.7 Å². The molecular weight excluding hydrogens is 805 g/mol. The zero-order valence-corrected chi connectivity index (χ0v) is 37.4. The summed E-state index contributed by atoms with van der Waals surface area (Å²) in [7, 11) is 1.68. The number of benzene rings is 2. The van der Waals surface area contributed by atoms with E-state index in [4.69, 9.17) is 28.9 Å². The van der Waals surface area contributed by atoms with E-state index < -0.39 is 5.60 Å². The van der Waals surface area contributed by atoms with Crippen molar-refractivity contribution < 1.29 is 24.1 Å². The number of nitriles is 2. The fourth-order valence-electron chi connectivity index (χ4n) is 9.20. The molecule has 8 rings (SSSR count). The molecule has 0 aliphatic carbocycles. The van der Waals surface area contributed by atoms with Gasteiger partial charge in [-0.2, -0.15) is 10.5 Å². The van der Waals surface area contributed by atoms with Gasteiger partial charge in [-0.1, -0.05) is 36.4 Å². The summed E-state index contributed by atoms with van der Waals surface area (Å²) < 4.78 is 24.1. The van der Waals surface area contributed by atoms with Crippen LogP contribution in [0.5, 0.6) is 5.75 Å². The predicted molar refractivity (Wildman–Crippen MR) is 240 cm³/mol. The zero-order chi connectivity index (χ0) is 42.6. The number of aryl methyl sites for hydroxylation is 2. The van der Waals surface area contributed by atoms with Crippen LogP contribution in [0, 0.1) is 22.7 Å². The second-order valence-electron chi connectivity index (χ2n) is 17.3. The molecule has 0 radical (unpaired) electrons. The highest BCUT2D eigenvalue weighted by Crippen LogP contribution is 2.42. The number of morpholine rings is 1. The Balaban J connectivity index is 0.995. The number of aliphatic hydroxyl groups is 1. The van der Waals surface area contributed by atoms with Crippen molar-refractivity contribution >= 4 is 35.2 Å². The summed E-state index contributed by atoms with van der Waals surface area (Å²) in [5, 5.41) is 32.9. The Morgan fingerprint density at radius 2 is 1.43 bits per heavy atom. The maximum Gasteiger partial charge on any atom is 0.136 e. The van der Waals surface area contributed by atoms with Crippen molar-refractivity contribution in [2.75, 3.05) is 67.9 Å². The molecule has 2 atom stereocenters. The molecule has 61 heavy (non-hydrogen) atoms. The smallest absolute Gasteiger partial charge is 0.136 e. The van der Waals surface area contributed by atoms with Crippen molar-refractivity contribution in [3.8, 4) is 17.9 Å². The third-order valence-corrected chi connectivity index (χ3v) is 14.4. The molecule has 0 spiro atoms. The molecule has 2 aromatic carbocycles. The first-order chi connectivity index (χ1) is 29.6. The lowest BCUT2D eigenvalue weighted by molar-refractivity contribution is -0.0537. The van der Waals surface area contributed by atoms with Crippen molar-refractivity contribution in [1.29, 1.82) is 10.5 Å². The normalized spacial score (nSPS) is 20.7. The Morgan fingerprint density at radius 1 is 0.803 bits per heavy atom. The highest BCUT2D eigenvalue weighted by Gasteiger charge is 2.38. The van der Waals surface area contributed by atoms with Crippen LogP contribution >= 0.6 is 23.5 Å². The summed E-state index contributed by atoms with van der Waals surface area (Å²) in [6.07, 6.45) is 5.50. The van der Waals surface area contributed by atoms with E-state index in [1.807, 2.05) is 12.1 Å². The number of hydrogen-bond donors (Lipinski definition) is 1. The zero-order valence-electron chi connectivity index (χ0n) is 35.8. The van der Waals surface area contributed by atoms with E-state index in [1.54, 1.807) is 30.6 Å². The monoisotopic (exact) mass is 860 g/mol. The molecule has 0 amide bonds. The van der Waals surface area contributed by atoms with Gasteiger partial charge in [0.1, 0.15) is 39.6 Å². The molecule has 2 saturated heterocycles. The van der Waals surface area contributed by atoms with E-state index in [0.29, 0.717) is 56.8 Å². The van der Waals surface area contributed by atoms with Gasteiger partial charge in [0, 0.05) is 61.5 Å². The largest absolute Gasteiger partial charge is 0.497 e. The van der Waals surface area contributed by atoms with Crippen LogP contribution in [0.15, 0.2) is 58.6 Å². The van der Waals surface area contributed by atoms with Crippen LogP contribution in [0.25, 0.3) is 0 Å². The summed E-state index contributed by atoms with van der Waals surface area (Å²) in [5.74, 6) is 4.15. The summed E-state index contributed by atoms with van der Waals surface area (Å²) in [4.78, 5) is 14.8. The Hall–Kier alpha value is -4.34. The van der Waals surface area contributed by atoms with Gasteiger partial charge in [-0.3, -0.25) is 0 Å². The molecule has 4 aliphatic rings.